The van der Waals surface area contributed by atoms with Crippen LogP contribution in [-0.2, 0) is 11.2 Å². The number of hydrogen-bond donors (Lipinski definition) is 1. The topological polar surface area (TPSA) is 46.3 Å². The van der Waals surface area contributed by atoms with Gasteiger partial charge in [0.1, 0.15) is 0 Å². The molecule has 1 atom stereocenters. The van der Waals surface area contributed by atoms with Crippen LogP contribution in [0.2, 0.25) is 5.02 Å². The number of benzene rings is 1. The van der Waals surface area contributed by atoms with Crippen LogP contribution in [-0.4, -0.2) is 30.9 Å². The van der Waals surface area contributed by atoms with E-state index in [2.05, 4.69) is 0 Å². The van der Waals surface area contributed by atoms with Crippen LogP contribution in [0.5, 0.6) is 0 Å². The first-order valence-corrected chi connectivity index (χ1v) is 5.57. The Morgan fingerprint density at radius 1 is 1.44 bits per heavy atom. The third kappa shape index (κ3) is 3.83. The fraction of sp³-hybridized carbons (Fsp3) is 0.417. The van der Waals surface area contributed by atoms with Gasteiger partial charge in [0.15, 0.2) is 0 Å². The summed E-state index contributed by atoms with van der Waals surface area (Å²) in [5.41, 5.74) is 6.90. The van der Waals surface area contributed by atoms with Crippen LogP contribution < -0.4 is 5.73 Å². The summed E-state index contributed by atoms with van der Waals surface area (Å²) in [5, 5.41) is 0.704. The van der Waals surface area contributed by atoms with Gasteiger partial charge >= 0.3 is 0 Å². The van der Waals surface area contributed by atoms with Gasteiger partial charge in [-0.25, -0.2) is 0 Å². The molecular weight excluding hydrogens is 224 g/mol. The molecular formula is C12H17ClN2O. The monoisotopic (exact) mass is 240 g/mol. The lowest BCUT2D eigenvalue weighted by atomic mass is 10.0. The Balaban J connectivity index is 2.55. The number of halogens is 1. The standard InChI is InChI=1S/C12H17ClN2O/c1-15(2)12(16)8-10(14)7-9-5-3-4-6-11(9)13/h3-6,10H,7-8,14H2,1-2H3. The summed E-state index contributed by atoms with van der Waals surface area (Å²) in [6, 6.07) is 7.37. The maximum Gasteiger partial charge on any atom is 0.223 e. The highest BCUT2D eigenvalue weighted by Crippen LogP contribution is 2.16. The number of carbonyl (C=O) groups excluding carboxylic acids is 1. The number of rotatable bonds is 4. The van der Waals surface area contributed by atoms with Crippen molar-refractivity contribution in [2.45, 2.75) is 18.9 Å². The molecule has 0 spiro atoms. The minimum atomic E-state index is -0.185. The number of amides is 1. The van der Waals surface area contributed by atoms with Crippen molar-refractivity contribution in [2.24, 2.45) is 5.73 Å². The molecule has 1 amide bonds. The van der Waals surface area contributed by atoms with Crippen molar-refractivity contribution in [3.05, 3.63) is 34.9 Å². The Bertz CT molecular complexity index is 366. The van der Waals surface area contributed by atoms with Gasteiger partial charge < -0.3 is 10.6 Å². The lowest BCUT2D eigenvalue weighted by Crippen LogP contribution is -2.32. The molecule has 1 aromatic rings. The maximum atomic E-state index is 11.4. The highest BCUT2D eigenvalue weighted by atomic mass is 35.5. The molecule has 3 nitrogen and oxygen atoms in total. The molecule has 4 heteroatoms. The second-order valence-electron chi connectivity index (χ2n) is 4.05. The highest BCUT2D eigenvalue weighted by molar-refractivity contribution is 6.31. The quantitative estimate of drug-likeness (QED) is 0.871. The average Bonchev–Trinajstić information content (AvgIpc) is 2.21. The van der Waals surface area contributed by atoms with E-state index in [1.165, 1.54) is 0 Å². The Kier molecular flexibility index (Phi) is 4.77. The van der Waals surface area contributed by atoms with Gasteiger partial charge in [-0.3, -0.25) is 4.79 Å². The van der Waals surface area contributed by atoms with Gasteiger partial charge in [-0.15, -0.1) is 0 Å². The average molecular weight is 241 g/mol. The first kappa shape index (κ1) is 13.0. The minimum Gasteiger partial charge on any atom is -0.349 e. The summed E-state index contributed by atoms with van der Waals surface area (Å²) in [6.07, 6.45) is 0.970. The minimum absolute atomic E-state index is 0.0413. The van der Waals surface area contributed by atoms with Crippen LogP contribution in [0.3, 0.4) is 0 Å². The summed E-state index contributed by atoms with van der Waals surface area (Å²) >= 11 is 6.02. The van der Waals surface area contributed by atoms with E-state index in [9.17, 15) is 4.79 Å². The van der Waals surface area contributed by atoms with Crippen molar-refractivity contribution < 1.29 is 4.79 Å². The van der Waals surface area contributed by atoms with Gasteiger partial charge in [-0.2, -0.15) is 0 Å². The van der Waals surface area contributed by atoms with Crippen molar-refractivity contribution in [3.8, 4) is 0 Å². The van der Waals surface area contributed by atoms with E-state index < -0.39 is 0 Å². The second-order valence-corrected chi connectivity index (χ2v) is 4.46. The Morgan fingerprint density at radius 3 is 2.62 bits per heavy atom. The molecule has 0 aliphatic carbocycles. The number of hydrogen-bond acceptors (Lipinski definition) is 2. The van der Waals surface area contributed by atoms with Crippen molar-refractivity contribution in [1.82, 2.24) is 4.90 Å². The van der Waals surface area contributed by atoms with Crippen LogP contribution in [0.1, 0.15) is 12.0 Å². The van der Waals surface area contributed by atoms with E-state index in [0.717, 1.165) is 5.56 Å². The molecule has 0 radical (unpaired) electrons. The summed E-state index contributed by atoms with van der Waals surface area (Å²) in [7, 11) is 3.45. The molecule has 88 valence electrons. The first-order chi connectivity index (χ1) is 7.50. The van der Waals surface area contributed by atoms with Gasteiger partial charge in [0.2, 0.25) is 5.91 Å². The van der Waals surface area contributed by atoms with Crippen LogP contribution in [0, 0.1) is 0 Å². The van der Waals surface area contributed by atoms with Gasteiger partial charge in [-0.1, -0.05) is 29.8 Å². The number of nitrogens with two attached hydrogens (primary N) is 1. The SMILES string of the molecule is CN(C)C(=O)CC(N)Cc1ccccc1Cl. The van der Waals surface area contributed by atoms with Gasteiger partial charge in [0, 0.05) is 31.6 Å². The lowest BCUT2D eigenvalue weighted by Gasteiger charge is -2.15. The maximum absolute atomic E-state index is 11.4. The van der Waals surface area contributed by atoms with Gasteiger partial charge in [-0.05, 0) is 18.1 Å². The third-order valence-electron chi connectivity index (χ3n) is 2.38. The molecule has 0 bridgehead atoms. The van der Waals surface area contributed by atoms with E-state index in [1.807, 2.05) is 24.3 Å². The molecule has 0 saturated heterocycles. The van der Waals surface area contributed by atoms with Crippen LogP contribution in [0.25, 0.3) is 0 Å². The molecule has 0 heterocycles. The Labute approximate surface area is 101 Å². The first-order valence-electron chi connectivity index (χ1n) is 5.20. The Hall–Kier alpha value is -1.06. The van der Waals surface area contributed by atoms with Crippen molar-refractivity contribution in [2.75, 3.05) is 14.1 Å². The zero-order chi connectivity index (χ0) is 12.1. The second kappa shape index (κ2) is 5.87. The number of nitrogens with zero attached hydrogens (tertiary/aromatic N) is 1. The van der Waals surface area contributed by atoms with Gasteiger partial charge in [0.25, 0.3) is 0 Å². The zero-order valence-electron chi connectivity index (χ0n) is 9.61. The van der Waals surface area contributed by atoms with E-state index in [4.69, 9.17) is 17.3 Å². The van der Waals surface area contributed by atoms with E-state index in [-0.39, 0.29) is 11.9 Å². The van der Waals surface area contributed by atoms with E-state index in [1.54, 1.807) is 19.0 Å². The molecule has 2 N–H and O–H groups in total. The van der Waals surface area contributed by atoms with Crippen LogP contribution in [0.15, 0.2) is 24.3 Å². The zero-order valence-corrected chi connectivity index (χ0v) is 10.4. The summed E-state index contributed by atoms with van der Waals surface area (Å²) < 4.78 is 0. The fourth-order valence-corrected chi connectivity index (χ4v) is 1.64. The molecule has 1 unspecified atom stereocenters. The van der Waals surface area contributed by atoms with Crippen LogP contribution >= 0.6 is 11.6 Å². The molecule has 1 rings (SSSR count). The van der Waals surface area contributed by atoms with Gasteiger partial charge in [0.05, 0.1) is 0 Å². The summed E-state index contributed by atoms with van der Waals surface area (Å²) in [4.78, 5) is 13.0. The Morgan fingerprint density at radius 2 is 2.06 bits per heavy atom. The van der Waals surface area contributed by atoms with Crippen molar-refractivity contribution in [3.63, 3.8) is 0 Å². The fourth-order valence-electron chi connectivity index (χ4n) is 1.43. The number of carbonyl (C=O) groups is 1. The predicted molar refractivity (Wildman–Crippen MR) is 66.4 cm³/mol. The smallest absolute Gasteiger partial charge is 0.223 e. The molecule has 16 heavy (non-hydrogen) atoms. The lowest BCUT2D eigenvalue weighted by molar-refractivity contribution is -0.129. The molecule has 0 fully saturated rings. The highest BCUT2D eigenvalue weighted by Gasteiger charge is 2.12. The summed E-state index contributed by atoms with van der Waals surface area (Å²) in [6.45, 7) is 0. The van der Waals surface area contributed by atoms with E-state index >= 15 is 0 Å². The normalized spacial score (nSPS) is 12.2. The molecule has 1 aromatic carbocycles. The molecule has 0 aliphatic rings. The molecule has 0 saturated carbocycles. The van der Waals surface area contributed by atoms with Crippen molar-refractivity contribution in [1.29, 1.82) is 0 Å². The summed E-state index contributed by atoms with van der Waals surface area (Å²) in [5.74, 6) is 0.0413. The predicted octanol–water partition coefficient (Wildman–Crippen LogP) is 1.69. The molecule has 0 aliphatic heterocycles. The third-order valence-corrected chi connectivity index (χ3v) is 2.74. The van der Waals surface area contributed by atoms with Crippen molar-refractivity contribution >= 4 is 17.5 Å². The molecule has 0 aromatic heterocycles. The van der Waals surface area contributed by atoms with Crippen LogP contribution in [0.4, 0.5) is 0 Å². The largest absolute Gasteiger partial charge is 0.349 e. The van der Waals surface area contributed by atoms with E-state index in [0.29, 0.717) is 17.9 Å².